The molecule has 21 heavy (non-hydrogen) atoms. The summed E-state index contributed by atoms with van der Waals surface area (Å²) in [4.78, 5) is 5.16. The third kappa shape index (κ3) is 2.25. The number of hydrogen-bond acceptors (Lipinski definition) is 6. The van der Waals surface area contributed by atoms with Crippen LogP contribution in [-0.4, -0.2) is 29.6 Å². The summed E-state index contributed by atoms with van der Waals surface area (Å²) >= 11 is 1.40. The van der Waals surface area contributed by atoms with Gasteiger partial charge in [0.2, 0.25) is 4.96 Å². The topological polar surface area (TPSA) is 70.1 Å². The number of fused-ring (bicyclic) bond motifs is 1. The summed E-state index contributed by atoms with van der Waals surface area (Å²) in [5, 5.41) is 12.6. The Balaban J connectivity index is 1.64. The summed E-state index contributed by atoms with van der Waals surface area (Å²) < 4.78 is 9.18. The fourth-order valence-electron chi connectivity index (χ4n) is 1.97. The van der Waals surface area contributed by atoms with Crippen molar-refractivity contribution in [2.75, 3.05) is 0 Å². The predicted molar refractivity (Wildman–Crippen MR) is 77.0 cm³/mol. The third-order valence-corrected chi connectivity index (χ3v) is 3.66. The first-order valence-electron chi connectivity index (χ1n) is 6.25. The first kappa shape index (κ1) is 12.0. The van der Waals surface area contributed by atoms with Crippen LogP contribution in [0, 0.1) is 6.92 Å². The molecule has 0 bridgehead atoms. The van der Waals surface area contributed by atoms with Gasteiger partial charge in [-0.05, 0) is 30.4 Å². The SMILES string of the molecule is Cc1cn2nc(Oc3cccc(-n4ccnn4)c3)sc2n1. The molecular weight excluding hydrogens is 288 g/mol. The van der Waals surface area contributed by atoms with Crippen molar-refractivity contribution in [3.8, 4) is 16.6 Å². The molecule has 1 aromatic carbocycles. The monoisotopic (exact) mass is 298 g/mol. The lowest BCUT2D eigenvalue weighted by Gasteiger charge is -2.04. The average Bonchev–Trinajstić information content (AvgIpc) is 3.15. The van der Waals surface area contributed by atoms with Gasteiger partial charge in [-0.15, -0.1) is 10.2 Å². The highest BCUT2D eigenvalue weighted by atomic mass is 32.1. The lowest BCUT2D eigenvalue weighted by Crippen LogP contribution is -1.95. The minimum Gasteiger partial charge on any atom is -0.430 e. The van der Waals surface area contributed by atoms with Crippen molar-refractivity contribution in [2.24, 2.45) is 0 Å². The molecule has 0 aliphatic carbocycles. The Morgan fingerprint density at radius 3 is 3.05 bits per heavy atom. The van der Waals surface area contributed by atoms with Gasteiger partial charge in [0, 0.05) is 6.07 Å². The van der Waals surface area contributed by atoms with E-state index in [-0.39, 0.29) is 0 Å². The molecule has 0 fully saturated rings. The van der Waals surface area contributed by atoms with Crippen molar-refractivity contribution >= 4 is 16.3 Å². The van der Waals surface area contributed by atoms with Gasteiger partial charge in [-0.2, -0.15) is 0 Å². The highest BCUT2D eigenvalue weighted by Crippen LogP contribution is 2.27. The van der Waals surface area contributed by atoms with E-state index in [9.17, 15) is 0 Å². The van der Waals surface area contributed by atoms with Crippen LogP contribution in [0.4, 0.5) is 0 Å². The third-order valence-electron chi connectivity index (χ3n) is 2.85. The molecular formula is C13H10N6OS. The van der Waals surface area contributed by atoms with E-state index in [1.165, 1.54) is 11.3 Å². The smallest absolute Gasteiger partial charge is 0.299 e. The van der Waals surface area contributed by atoms with E-state index in [0.717, 1.165) is 16.3 Å². The summed E-state index contributed by atoms with van der Waals surface area (Å²) in [6.45, 7) is 1.93. The summed E-state index contributed by atoms with van der Waals surface area (Å²) in [5.41, 5.74) is 1.82. The van der Waals surface area contributed by atoms with Gasteiger partial charge in [0.1, 0.15) is 5.75 Å². The van der Waals surface area contributed by atoms with Crippen LogP contribution in [0.15, 0.2) is 42.9 Å². The van der Waals surface area contributed by atoms with Gasteiger partial charge in [0.05, 0.1) is 30.0 Å². The molecule has 0 aliphatic rings. The molecule has 4 rings (SSSR count). The van der Waals surface area contributed by atoms with Crippen molar-refractivity contribution < 1.29 is 4.74 Å². The standard InChI is InChI=1S/C13H10N6OS/c1-9-8-19-12(15-9)21-13(16-19)20-11-4-2-3-10(7-11)18-6-5-14-17-18/h2-8H,1H3. The molecule has 0 unspecified atom stereocenters. The van der Waals surface area contributed by atoms with Crippen molar-refractivity contribution in [3.05, 3.63) is 48.5 Å². The lowest BCUT2D eigenvalue weighted by molar-refractivity contribution is 0.470. The quantitative estimate of drug-likeness (QED) is 0.581. The van der Waals surface area contributed by atoms with Crippen LogP contribution >= 0.6 is 11.3 Å². The second-order valence-corrected chi connectivity index (χ2v) is 5.34. The van der Waals surface area contributed by atoms with E-state index >= 15 is 0 Å². The van der Waals surface area contributed by atoms with Crippen LogP contribution < -0.4 is 4.74 Å². The Hall–Kier alpha value is -2.74. The van der Waals surface area contributed by atoms with Crippen LogP contribution in [0.1, 0.15) is 5.69 Å². The fraction of sp³-hybridized carbons (Fsp3) is 0.0769. The van der Waals surface area contributed by atoms with Gasteiger partial charge in [-0.1, -0.05) is 11.3 Å². The number of aryl methyl sites for hydroxylation is 1. The summed E-state index contributed by atoms with van der Waals surface area (Å²) in [5.74, 6) is 0.691. The number of rotatable bonds is 3. The molecule has 3 heterocycles. The molecule has 0 saturated carbocycles. The molecule has 0 atom stereocenters. The van der Waals surface area contributed by atoms with Gasteiger partial charge >= 0.3 is 0 Å². The van der Waals surface area contributed by atoms with Gasteiger partial charge < -0.3 is 4.74 Å². The Labute approximate surface area is 123 Å². The van der Waals surface area contributed by atoms with E-state index in [4.69, 9.17) is 4.74 Å². The Bertz CT molecular complexity index is 863. The Morgan fingerprint density at radius 1 is 1.29 bits per heavy atom. The molecule has 104 valence electrons. The van der Waals surface area contributed by atoms with E-state index in [0.29, 0.717) is 10.9 Å². The second-order valence-electron chi connectivity index (χ2n) is 4.42. The molecule has 0 radical (unpaired) electrons. The Morgan fingerprint density at radius 2 is 2.24 bits per heavy atom. The number of benzene rings is 1. The highest BCUT2D eigenvalue weighted by Gasteiger charge is 2.09. The Kier molecular flexibility index (Phi) is 2.68. The zero-order valence-corrected chi connectivity index (χ0v) is 11.9. The molecule has 0 aliphatic heterocycles. The zero-order chi connectivity index (χ0) is 14.2. The van der Waals surface area contributed by atoms with Crippen molar-refractivity contribution in [3.63, 3.8) is 0 Å². The summed E-state index contributed by atoms with van der Waals surface area (Å²) in [6.07, 6.45) is 5.27. The summed E-state index contributed by atoms with van der Waals surface area (Å²) in [6, 6.07) is 7.58. The van der Waals surface area contributed by atoms with E-state index in [2.05, 4.69) is 20.4 Å². The summed E-state index contributed by atoms with van der Waals surface area (Å²) in [7, 11) is 0. The molecule has 0 spiro atoms. The number of aromatic nitrogens is 6. The first-order valence-corrected chi connectivity index (χ1v) is 7.07. The van der Waals surface area contributed by atoms with Gasteiger partial charge in [0.25, 0.3) is 5.19 Å². The molecule has 0 amide bonds. The van der Waals surface area contributed by atoms with Gasteiger partial charge in [-0.3, -0.25) is 0 Å². The molecule has 3 aromatic heterocycles. The number of imidazole rings is 1. The van der Waals surface area contributed by atoms with E-state index in [1.54, 1.807) is 21.6 Å². The van der Waals surface area contributed by atoms with Gasteiger partial charge in [0.15, 0.2) is 0 Å². The lowest BCUT2D eigenvalue weighted by atomic mass is 10.3. The van der Waals surface area contributed by atoms with E-state index in [1.807, 2.05) is 37.4 Å². The van der Waals surface area contributed by atoms with E-state index < -0.39 is 0 Å². The average molecular weight is 298 g/mol. The van der Waals surface area contributed by atoms with Crippen molar-refractivity contribution in [2.45, 2.75) is 6.92 Å². The normalized spacial score (nSPS) is 11.1. The molecule has 4 aromatic rings. The predicted octanol–water partition coefficient (Wildman–Crippen LogP) is 2.47. The zero-order valence-electron chi connectivity index (χ0n) is 11.0. The van der Waals surface area contributed by atoms with Crippen molar-refractivity contribution in [1.29, 1.82) is 0 Å². The highest BCUT2D eigenvalue weighted by molar-refractivity contribution is 7.18. The largest absolute Gasteiger partial charge is 0.430 e. The molecule has 0 N–H and O–H groups in total. The first-order chi connectivity index (χ1) is 10.3. The number of ether oxygens (including phenoxy) is 1. The maximum absolute atomic E-state index is 5.79. The minimum atomic E-state index is 0.549. The molecule has 7 nitrogen and oxygen atoms in total. The van der Waals surface area contributed by atoms with Crippen LogP contribution in [0.25, 0.3) is 10.6 Å². The van der Waals surface area contributed by atoms with Crippen LogP contribution in [0.5, 0.6) is 10.9 Å². The van der Waals surface area contributed by atoms with Crippen molar-refractivity contribution in [1.82, 2.24) is 29.6 Å². The maximum Gasteiger partial charge on any atom is 0.299 e. The van der Waals surface area contributed by atoms with Crippen LogP contribution in [0.2, 0.25) is 0 Å². The molecule has 0 saturated heterocycles. The van der Waals surface area contributed by atoms with Crippen LogP contribution in [0.3, 0.4) is 0 Å². The minimum absolute atomic E-state index is 0.549. The number of nitrogens with zero attached hydrogens (tertiary/aromatic N) is 6. The number of hydrogen-bond donors (Lipinski definition) is 0. The van der Waals surface area contributed by atoms with Crippen LogP contribution in [-0.2, 0) is 0 Å². The second kappa shape index (κ2) is 4.67. The fourth-order valence-corrected chi connectivity index (χ4v) is 2.77. The maximum atomic E-state index is 5.79. The molecule has 8 heteroatoms. The van der Waals surface area contributed by atoms with Gasteiger partial charge in [-0.25, -0.2) is 14.2 Å².